The number of rotatable bonds is 12. The van der Waals surface area contributed by atoms with Crippen molar-refractivity contribution in [3.63, 3.8) is 0 Å². The molecule has 28 heteroatoms. The molecule has 0 bridgehead atoms. The Balaban J connectivity index is 4.77. The highest BCUT2D eigenvalue weighted by molar-refractivity contribution is 6.82. The highest BCUT2D eigenvalue weighted by atomic mass is 35.6. The zero-order chi connectivity index (χ0) is 39.8. The number of halogens is 27. The van der Waals surface area contributed by atoms with Crippen molar-refractivity contribution in [3.8, 4) is 0 Å². The van der Waals surface area contributed by atoms with Gasteiger partial charge in [-0.1, -0.05) is 313 Å². The number of hydrogen-bond donors (Lipinski definition) is 0. The van der Waals surface area contributed by atoms with E-state index in [1.54, 1.807) is 0 Å². The van der Waals surface area contributed by atoms with E-state index in [2.05, 4.69) is 0 Å². The van der Waals surface area contributed by atoms with Gasteiger partial charge in [-0.25, -0.2) is 5.11 Å². The van der Waals surface area contributed by atoms with Gasteiger partial charge in [-0.05, 0) is 47.2 Å². The lowest BCUT2D eigenvalue weighted by molar-refractivity contribution is 0.189. The zero-order valence-corrected chi connectivity index (χ0v) is 42.3. The quantitative estimate of drug-likeness (QED) is 0.186. The third kappa shape index (κ3) is 9.74. The van der Waals surface area contributed by atoms with E-state index >= 15 is 0 Å². The minimum Gasteiger partial charge on any atom is -0.237 e. The molecule has 0 aliphatic rings. The molecule has 0 aromatic heterocycles. The molecule has 0 saturated carbocycles. The van der Waals surface area contributed by atoms with Gasteiger partial charge in [0, 0.05) is 0 Å². The second-order valence-corrected chi connectivity index (χ2v) is 28.3. The van der Waals surface area contributed by atoms with Crippen molar-refractivity contribution >= 4 is 313 Å². The Morgan fingerprint density at radius 3 is 0.837 bits per heavy atom. The fraction of sp³-hybridized carbons (Fsp3) is 0.714. The van der Waals surface area contributed by atoms with Gasteiger partial charge in [-0.15, -0.1) is 0 Å². The maximum absolute atomic E-state index is 11.8. The summed E-state index contributed by atoms with van der Waals surface area (Å²) in [6, 6.07) is 1.84. The topological polar surface area (TPSA) is 19.9 Å². The maximum Gasteiger partial charge on any atom is 0.226 e. The molecule has 0 N–H and O–H groups in total. The SMILES string of the molecule is [O]CCCc1c(C(Cl)(Cl)C(Cl)(Cl)C(Cl)(Cl)C(Cl)(Cl)Cl)cc(C(Cl)(Cl)C(Cl)(Cl)C(Cl)(Cl)C(Cl)(Cl)Cl)cc1C(Cl)(Cl)C(Cl)(Cl)C(Cl)(Cl)C(Cl)(Cl)Cl. The lowest BCUT2D eigenvalue weighted by atomic mass is 9.86. The maximum atomic E-state index is 11.8. The van der Waals surface area contributed by atoms with Gasteiger partial charge in [0.2, 0.25) is 24.4 Å². The molecule has 0 fully saturated rings. The molecule has 0 spiro atoms. The summed E-state index contributed by atoms with van der Waals surface area (Å²) in [6.45, 7) is -0.756. The average Bonchev–Trinajstić information content (AvgIpc) is 2.88. The Bertz CT molecular complexity index is 1270. The molecule has 49 heavy (non-hydrogen) atoms. The number of alkyl halides is 27. The Morgan fingerprint density at radius 1 is 0.367 bits per heavy atom. The second-order valence-electron chi connectivity index (χ2n) is 9.52. The summed E-state index contributed by atoms with van der Waals surface area (Å²) in [4.78, 5) is 0. The normalized spacial score (nSPS) is 16.0. The van der Waals surface area contributed by atoms with E-state index in [1.165, 1.54) is 0 Å². The lowest BCUT2D eigenvalue weighted by Gasteiger charge is -2.48. The standard InChI is InChI=1S/C21H8Cl27O/c22-10(23,13(28,29)16(34,35)19(40,41)42)6-4-8(11(24,25)14(30,31)17(36,37)20(43,44)45)7(2-1-3-49)9(5-6)12(26,27)15(32,33)18(38,39)21(46,47)48/h4-5H,1-3H2. The van der Waals surface area contributed by atoms with Crippen molar-refractivity contribution in [1.29, 1.82) is 0 Å². The van der Waals surface area contributed by atoms with Crippen LogP contribution in [-0.2, 0) is 24.5 Å². The fourth-order valence-corrected chi connectivity index (χ4v) is 10.4. The summed E-state index contributed by atoms with van der Waals surface area (Å²) < 4.78 is -34.6. The molecule has 1 nitrogen and oxygen atoms in total. The first kappa shape index (κ1) is 54.0. The van der Waals surface area contributed by atoms with E-state index in [-0.39, 0.29) is 12.0 Å². The van der Waals surface area contributed by atoms with Crippen molar-refractivity contribution < 1.29 is 5.11 Å². The number of hydrogen-bond acceptors (Lipinski definition) is 0. The van der Waals surface area contributed by atoms with Crippen LogP contribution in [0.25, 0.3) is 0 Å². The average molecular weight is 1230 g/mol. The largest absolute Gasteiger partial charge is 0.237 e. The first-order valence-corrected chi connectivity index (χ1v) is 21.6. The van der Waals surface area contributed by atoms with Gasteiger partial charge in [0.25, 0.3) is 0 Å². The van der Waals surface area contributed by atoms with E-state index < -0.39 is 80.1 Å². The molecule has 0 unspecified atom stereocenters. The minimum absolute atomic E-state index is 0.252. The van der Waals surface area contributed by atoms with Crippen LogP contribution in [0.1, 0.15) is 28.7 Å². The van der Waals surface area contributed by atoms with E-state index in [4.69, 9.17) is 313 Å². The van der Waals surface area contributed by atoms with Crippen LogP contribution >= 0.6 is 313 Å². The summed E-state index contributed by atoms with van der Waals surface area (Å²) in [6.07, 6.45) is -0.646. The Kier molecular flexibility index (Phi) is 19.2. The molecule has 0 aliphatic heterocycles. The van der Waals surface area contributed by atoms with Crippen LogP contribution in [0.3, 0.4) is 0 Å². The van der Waals surface area contributed by atoms with Crippen LogP contribution in [0.2, 0.25) is 0 Å². The van der Waals surface area contributed by atoms with Gasteiger partial charge in [0.1, 0.15) is 0 Å². The van der Waals surface area contributed by atoms with Gasteiger partial charge in [0.05, 0.1) is 6.61 Å². The molecular formula is C21H8Cl27O. The predicted octanol–water partition coefficient (Wildman–Crippen LogP) is 18.1. The second kappa shape index (κ2) is 17.4. The molecule has 0 heterocycles. The third-order valence-electron chi connectivity index (χ3n) is 6.29. The van der Waals surface area contributed by atoms with Gasteiger partial charge in [-0.2, -0.15) is 0 Å². The highest BCUT2D eigenvalue weighted by Gasteiger charge is 2.73. The molecule has 1 radical (unpaired) electrons. The monoisotopic (exact) mass is 1220 g/mol. The van der Waals surface area contributed by atoms with Crippen molar-refractivity contribution in [2.45, 2.75) is 63.2 Å². The molecule has 0 saturated heterocycles. The Morgan fingerprint density at radius 2 is 0.612 bits per heavy atom. The molecule has 1 aromatic carbocycles. The van der Waals surface area contributed by atoms with Crippen molar-refractivity contribution in [3.05, 3.63) is 34.4 Å². The molecule has 0 amide bonds. The van der Waals surface area contributed by atoms with Gasteiger partial charge in [-0.3, -0.25) is 0 Å². The molecule has 1 rings (SSSR count). The van der Waals surface area contributed by atoms with Gasteiger partial charge >= 0.3 is 0 Å². The molecule has 0 atom stereocenters. The molecule has 0 aliphatic carbocycles. The Hall–Kier alpha value is 7.01. The van der Waals surface area contributed by atoms with Gasteiger partial charge in [0.15, 0.2) is 26.0 Å². The lowest BCUT2D eigenvalue weighted by Crippen LogP contribution is -2.57. The first-order valence-electron chi connectivity index (χ1n) is 11.4. The van der Waals surface area contributed by atoms with Crippen LogP contribution in [0.4, 0.5) is 0 Å². The summed E-state index contributed by atoms with van der Waals surface area (Å²) in [5, 5.41) is 11.8. The fourth-order valence-electron chi connectivity index (χ4n) is 3.58. The highest BCUT2D eigenvalue weighted by Crippen LogP contribution is 2.70. The van der Waals surface area contributed by atoms with E-state index in [0.717, 1.165) is 12.1 Å². The molecule has 1 aromatic rings. The smallest absolute Gasteiger partial charge is 0.226 e. The van der Waals surface area contributed by atoms with E-state index in [1.807, 2.05) is 0 Å². The first-order chi connectivity index (χ1) is 21.0. The predicted molar refractivity (Wildman–Crippen MR) is 228 cm³/mol. The molecular weight excluding hydrogens is 1230 g/mol. The zero-order valence-electron chi connectivity index (χ0n) is 21.9. The summed E-state index contributed by atoms with van der Waals surface area (Å²) in [5.41, 5.74) is -2.01. The van der Waals surface area contributed by atoms with Crippen molar-refractivity contribution in [2.24, 2.45) is 0 Å². The molecule has 287 valence electrons. The van der Waals surface area contributed by atoms with Crippen molar-refractivity contribution in [1.82, 2.24) is 0 Å². The van der Waals surface area contributed by atoms with Crippen LogP contribution in [0, 0.1) is 0 Å². The summed E-state index contributed by atoms with van der Waals surface area (Å²) >= 11 is 173. The van der Waals surface area contributed by atoms with Crippen LogP contribution in [-0.4, -0.2) is 44.0 Å². The van der Waals surface area contributed by atoms with E-state index in [0.29, 0.717) is 0 Å². The number of benzene rings is 1. The van der Waals surface area contributed by atoms with Crippen LogP contribution in [0.5, 0.6) is 0 Å². The van der Waals surface area contributed by atoms with E-state index in [9.17, 15) is 5.11 Å². The van der Waals surface area contributed by atoms with Crippen LogP contribution < -0.4 is 0 Å². The minimum atomic E-state index is -3.00. The van der Waals surface area contributed by atoms with Crippen molar-refractivity contribution in [2.75, 3.05) is 6.61 Å². The third-order valence-corrected chi connectivity index (χ3v) is 22.7. The Labute approximate surface area is 416 Å². The summed E-state index contributed by atoms with van der Waals surface area (Å²) in [5.74, 6) is 0. The van der Waals surface area contributed by atoms with Crippen LogP contribution in [0.15, 0.2) is 12.1 Å². The summed E-state index contributed by atoms with van der Waals surface area (Å²) in [7, 11) is 0. The van der Waals surface area contributed by atoms with Gasteiger partial charge < -0.3 is 0 Å².